The van der Waals surface area contributed by atoms with Gasteiger partial charge in [0.1, 0.15) is 5.78 Å². The van der Waals surface area contributed by atoms with E-state index in [9.17, 15) is 9.59 Å². The number of hydrogen-bond acceptors (Lipinski definition) is 3. The van der Waals surface area contributed by atoms with Gasteiger partial charge in [-0.3, -0.25) is 4.79 Å². The lowest BCUT2D eigenvalue weighted by atomic mass is 10.1. The van der Waals surface area contributed by atoms with Crippen molar-refractivity contribution >= 4 is 12.1 Å². The molecule has 1 rings (SSSR count). The molecule has 0 bridgehead atoms. The highest BCUT2D eigenvalue weighted by molar-refractivity contribution is 5.75. The van der Waals surface area contributed by atoms with E-state index in [1.165, 1.54) is 6.26 Å². The molecule has 0 amide bonds. The Morgan fingerprint density at radius 3 is 2.36 bits per heavy atom. The fourth-order valence-electron chi connectivity index (χ4n) is 0.933. The molecule has 1 heterocycles. The van der Waals surface area contributed by atoms with E-state index in [1.807, 2.05) is 13.8 Å². The predicted octanol–water partition coefficient (Wildman–Crippen LogP) is 2.71. The maximum Gasteiger partial charge on any atom is 0.185 e. The summed E-state index contributed by atoms with van der Waals surface area (Å²) in [7, 11) is 0. The summed E-state index contributed by atoms with van der Waals surface area (Å²) >= 11 is 0. The van der Waals surface area contributed by atoms with Crippen LogP contribution in [0, 0.1) is 5.92 Å². The molecule has 14 heavy (non-hydrogen) atoms. The van der Waals surface area contributed by atoms with Crippen molar-refractivity contribution in [3.8, 4) is 0 Å². The van der Waals surface area contributed by atoms with E-state index in [4.69, 9.17) is 0 Å². The number of carbonyl (C=O) groups excluding carboxylic acids is 2. The molecule has 0 spiro atoms. The summed E-state index contributed by atoms with van der Waals surface area (Å²) in [6, 6.07) is 3.27. The number of ketones is 1. The van der Waals surface area contributed by atoms with Crippen LogP contribution >= 0.6 is 0 Å². The van der Waals surface area contributed by atoms with Crippen molar-refractivity contribution in [2.45, 2.75) is 27.2 Å². The average Bonchev–Trinajstić information content (AvgIpc) is 2.53. The van der Waals surface area contributed by atoms with Gasteiger partial charge < -0.3 is 9.21 Å². The van der Waals surface area contributed by atoms with E-state index in [0.29, 0.717) is 18.0 Å². The molecule has 0 aliphatic heterocycles. The zero-order valence-corrected chi connectivity index (χ0v) is 8.82. The molecule has 0 saturated carbocycles. The minimum Gasteiger partial charge on any atom is -0.462 e. The average molecular weight is 196 g/mol. The summed E-state index contributed by atoms with van der Waals surface area (Å²) in [5.74, 6) is 1.19. The molecule has 0 N–H and O–H groups in total. The van der Waals surface area contributed by atoms with Crippen molar-refractivity contribution in [3.63, 3.8) is 0 Å². The Hall–Kier alpha value is -1.38. The van der Waals surface area contributed by atoms with E-state index >= 15 is 0 Å². The van der Waals surface area contributed by atoms with E-state index < -0.39 is 0 Å². The lowest BCUT2D eigenvalue weighted by molar-refractivity contribution is -0.117. The second kappa shape index (κ2) is 7.06. The Kier molecular flexibility index (Phi) is 6.37. The molecule has 0 atom stereocenters. The molecule has 78 valence electrons. The minimum absolute atomic E-state index is 0.287. The summed E-state index contributed by atoms with van der Waals surface area (Å²) in [6.07, 6.45) is 2.85. The van der Waals surface area contributed by atoms with Gasteiger partial charge in [0, 0.05) is 6.42 Å². The summed E-state index contributed by atoms with van der Waals surface area (Å²) in [5, 5.41) is 0. The summed E-state index contributed by atoms with van der Waals surface area (Å²) in [6.45, 7) is 5.71. The SMILES string of the molecule is CC(=O)CC(C)C.O=Cc1ccco1. The van der Waals surface area contributed by atoms with Crippen LogP contribution in [0.5, 0.6) is 0 Å². The molecule has 0 radical (unpaired) electrons. The first-order valence-corrected chi connectivity index (χ1v) is 4.54. The Morgan fingerprint density at radius 2 is 2.21 bits per heavy atom. The van der Waals surface area contributed by atoms with Gasteiger partial charge in [0.05, 0.1) is 6.26 Å². The zero-order chi connectivity index (χ0) is 11.0. The summed E-state index contributed by atoms with van der Waals surface area (Å²) in [4.78, 5) is 20.0. The van der Waals surface area contributed by atoms with E-state index in [1.54, 1.807) is 19.1 Å². The van der Waals surface area contributed by atoms with Gasteiger partial charge in [0.15, 0.2) is 12.0 Å². The first-order valence-electron chi connectivity index (χ1n) is 4.54. The molecule has 0 aliphatic rings. The number of furan rings is 1. The summed E-state index contributed by atoms with van der Waals surface area (Å²) in [5.41, 5.74) is 0. The number of rotatable bonds is 3. The normalized spacial score (nSPS) is 9.14. The van der Waals surface area contributed by atoms with Gasteiger partial charge in [0.2, 0.25) is 0 Å². The molecule has 3 nitrogen and oxygen atoms in total. The maximum atomic E-state index is 10.3. The topological polar surface area (TPSA) is 47.3 Å². The van der Waals surface area contributed by atoms with Crippen molar-refractivity contribution in [3.05, 3.63) is 24.2 Å². The Balaban J connectivity index is 0.000000241. The van der Waals surface area contributed by atoms with Crippen LogP contribution in [-0.4, -0.2) is 12.1 Å². The van der Waals surface area contributed by atoms with Gasteiger partial charge in [-0.1, -0.05) is 13.8 Å². The minimum atomic E-state index is 0.287. The van der Waals surface area contributed by atoms with Gasteiger partial charge in [-0.2, -0.15) is 0 Å². The van der Waals surface area contributed by atoms with Crippen LogP contribution < -0.4 is 0 Å². The first kappa shape index (κ1) is 12.6. The lowest BCUT2D eigenvalue weighted by Gasteiger charge is -1.95. The summed E-state index contributed by atoms with van der Waals surface area (Å²) < 4.78 is 4.61. The number of aldehydes is 1. The molecular weight excluding hydrogens is 180 g/mol. The number of carbonyl (C=O) groups is 2. The van der Waals surface area contributed by atoms with E-state index in [0.717, 1.165) is 6.42 Å². The van der Waals surface area contributed by atoms with Gasteiger partial charge in [-0.25, -0.2) is 0 Å². The Bertz CT molecular complexity index is 260. The highest BCUT2D eigenvalue weighted by Crippen LogP contribution is 1.97. The molecule has 0 fully saturated rings. The molecular formula is C11H16O3. The van der Waals surface area contributed by atoms with Crippen LogP contribution in [0.3, 0.4) is 0 Å². The third-order valence-corrected chi connectivity index (χ3v) is 1.36. The van der Waals surface area contributed by atoms with Crippen molar-refractivity contribution in [1.82, 2.24) is 0 Å². The Morgan fingerprint density at radius 1 is 1.57 bits per heavy atom. The lowest BCUT2D eigenvalue weighted by Crippen LogP contribution is -1.95. The fourth-order valence-corrected chi connectivity index (χ4v) is 0.933. The second-order valence-corrected chi connectivity index (χ2v) is 3.43. The second-order valence-electron chi connectivity index (χ2n) is 3.43. The van der Waals surface area contributed by atoms with Crippen LogP contribution in [0.25, 0.3) is 0 Å². The maximum absolute atomic E-state index is 10.3. The van der Waals surface area contributed by atoms with Crippen LogP contribution in [0.4, 0.5) is 0 Å². The van der Waals surface area contributed by atoms with Crippen LogP contribution in [0.1, 0.15) is 37.7 Å². The van der Waals surface area contributed by atoms with Gasteiger partial charge in [0.25, 0.3) is 0 Å². The van der Waals surface area contributed by atoms with E-state index in [-0.39, 0.29) is 5.78 Å². The molecule has 0 aliphatic carbocycles. The van der Waals surface area contributed by atoms with E-state index in [2.05, 4.69) is 4.42 Å². The zero-order valence-electron chi connectivity index (χ0n) is 8.82. The van der Waals surface area contributed by atoms with Crippen molar-refractivity contribution in [2.24, 2.45) is 5.92 Å². The molecule has 3 heteroatoms. The van der Waals surface area contributed by atoms with Gasteiger partial charge >= 0.3 is 0 Å². The highest BCUT2D eigenvalue weighted by Gasteiger charge is 1.95. The molecule has 1 aromatic rings. The first-order chi connectivity index (χ1) is 6.56. The third-order valence-electron chi connectivity index (χ3n) is 1.36. The van der Waals surface area contributed by atoms with Crippen molar-refractivity contribution < 1.29 is 14.0 Å². The largest absolute Gasteiger partial charge is 0.462 e. The monoisotopic (exact) mass is 196 g/mol. The van der Waals surface area contributed by atoms with Crippen LogP contribution in [0.15, 0.2) is 22.8 Å². The van der Waals surface area contributed by atoms with Gasteiger partial charge in [-0.05, 0) is 25.0 Å². The van der Waals surface area contributed by atoms with Crippen molar-refractivity contribution in [2.75, 3.05) is 0 Å². The predicted molar refractivity (Wildman–Crippen MR) is 54.2 cm³/mol. The highest BCUT2D eigenvalue weighted by atomic mass is 16.3. The van der Waals surface area contributed by atoms with Crippen LogP contribution in [-0.2, 0) is 4.79 Å². The molecule has 0 saturated heterocycles. The fraction of sp³-hybridized carbons (Fsp3) is 0.455. The van der Waals surface area contributed by atoms with Crippen LogP contribution in [0.2, 0.25) is 0 Å². The Labute approximate surface area is 84.1 Å². The molecule has 1 aromatic heterocycles. The number of hydrogen-bond donors (Lipinski definition) is 0. The molecule has 0 unspecified atom stereocenters. The standard InChI is InChI=1S/C6H12O.C5H4O2/c1-5(2)4-6(3)7;6-4-5-2-1-3-7-5/h5H,4H2,1-3H3;1-4H. The smallest absolute Gasteiger partial charge is 0.185 e. The van der Waals surface area contributed by atoms with Gasteiger partial charge in [-0.15, -0.1) is 0 Å². The van der Waals surface area contributed by atoms with Crippen molar-refractivity contribution in [1.29, 1.82) is 0 Å². The quantitative estimate of drug-likeness (QED) is 0.698. The number of Topliss-reactive ketones (excluding diaryl/α,β-unsaturated/α-hetero) is 1. The third kappa shape index (κ3) is 7.28. The molecule has 0 aromatic carbocycles.